The molecule has 1 atom stereocenters. The highest BCUT2D eigenvalue weighted by Crippen LogP contribution is 2.14. The number of unbranched alkanes of at least 4 members (excludes halogenated alkanes) is 5. The first-order valence-electron chi connectivity index (χ1n) is 7.70. The van der Waals surface area contributed by atoms with E-state index in [4.69, 9.17) is 10.5 Å². The number of hydrogen-bond acceptors (Lipinski definition) is 3. The van der Waals surface area contributed by atoms with Gasteiger partial charge in [-0.1, -0.05) is 69.4 Å². The maximum atomic E-state index is 11.7. The number of rotatable bonds is 10. The fourth-order valence-electron chi connectivity index (χ4n) is 2.12. The predicted octanol–water partition coefficient (Wildman–Crippen LogP) is 3.98. The Hall–Kier alpha value is -1.35. The number of nitrogens with two attached hydrogens (primary N) is 1. The van der Waals surface area contributed by atoms with Crippen LogP contribution in [-0.2, 0) is 9.53 Å². The number of ether oxygens (including phenoxy) is 1. The average molecular weight is 277 g/mol. The predicted molar refractivity (Wildman–Crippen MR) is 82.3 cm³/mol. The van der Waals surface area contributed by atoms with Gasteiger partial charge in [-0.3, -0.25) is 4.79 Å². The lowest BCUT2D eigenvalue weighted by molar-refractivity contribution is -0.144. The molecule has 2 N–H and O–H groups in total. The molecule has 0 aromatic heterocycles. The van der Waals surface area contributed by atoms with Gasteiger partial charge in [0.1, 0.15) is 0 Å². The summed E-state index contributed by atoms with van der Waals surface area (Å²) in [6.45, 7) is 2.73. The molecule has 0 saturated carbocycles. The quantitative estimate of drug-likeness (QED) is 0.520. The van der Waals surface area contributed by atoms with E-state index in [1.807, 2.05) is 30.3 Å². The first-order chi connectivity index (χ1) is 9.74. The van der Waals surface area contributed by atoms with Gasteiger partial charge in [0, 0.05) is 6.04 Å². The van der Waals surface area contributed by atoms with E-state index in [2.05, 4.69) is 6.92 Å². The Morgan fingerprint density at radius 1 is 1.10 bits per heavy atom. The molecule has 1 rings (SSSR count). The summed E-state index contributed by atoms with van der Waals surface area (Å²) < 4.78 is 5.22. The van der Waals surface area contributed by atoms with E-state index >= 15 is 0 Å². The Morgan fingerprint density at radius 2 is 1.75 bits per heavy atom. The van der Waals surface area contributed by atoms with Crippen LogP contribution in [0.4, 0.5) is 0 Å². The number of carbonyl (C=O) groups is 1. The van der Waals surface area contributed by atoms with Gasteiger partial charge in [0.2, 0.25) is 0 Å². The first kappa shape index (κ1) is 16.7. The zero-order valence-electron chi connectivity index (χ0n) is 12.5. The number of carbonyl (C=O) groups excluding carboxylic acids is 1. The number of esters is 1. The lowest BCUT2D eigenvalue weighted by Gasteiger charge is -2.11. The van der Waals surface area contributed by atoms with Crippen LogP contribution in [0.3, 0.4) is 0 Å². The van der Waals surface area contributed by atoms with Gasteiger partial charge in [-0.2, -0.15) is 0 Å². The molecule has 0 fully saturated rings. The topological polar surface area (TPSA) is 52.3 Å². The highest BCUT2D eigenvalue weighted by molar-refractivity contribution is 5.70. The van der Waals surface area contributed by atoms with Gasteiger partial charge in [-0.15, -0.1) is 0 Å². The monoisotopic (exact) mass is 277 g/mol. The van der Waals surface area contributed by atoms with Crippen LogP contribution in [-0.4, -0.2) is 12.6 Å². The van der Waals surface area contributed by atoms with Crippen molar-refractivity contribution in [2.24, 2.45) is 5.73 Å². The van der Waals surface area contributed by atoms with E-state index in [9.17, 15) is 4.79 Å². The molecular weight excluding hydrogens is 250 g/mol. The van der Waals surface area contributed by atoms with Gasteiger partial charge < -0.3 is 10.5 Å². The summed E-state index contributed by atoms with van der Waals surface area (Å²) >= 11 is 0. The fraction of sp³-hybridized carbons (Fsp3) is 0.588. The third-order valence-electron chi connectivity index (χ3n) is 3.38. The van der Waals surface area contributed by atoms with Crippen LogP contribution in [0.5, 0.6) is 0 Å². The minimum atomic E-state index is -0.270. The highest BCUT2D eigenvalue weighted by atomic mass is 16.5. The van der Waals surface area contributed by atoms with Gasteiger partial charge in [0.15, 0.2) is 0 Å². The minimum Gasteiger partial charge on any atom is -0.466 e. The Labute approximate surface area is 122 Å². The van der Waals surface area contributed by atoms with Crippen molar-refractivity contribution in [3.8, 4) is 0 Å². The summed E-state index contributed by atoms with van der Waals surface area (Å²) in [6, 6.07) is 9.39. The van der Waals surface area contributed by atoms with E-state index < -0.39 is 0 Å². The number of hydrogen-bond donors (Lipinski definition) is 1. The Kier molecular flexibility index (Phi) is 8.72. The van der Waals surface area contributed by atoms with Crippen molar-refractivity contribution in [1.82, 2.24) is 0 Å². The fourth-order valence-corrected chi connectivity index (χ4v) is 2.12. The van der Waals surface area contributed by atoms with Crippen molar-refractivity contribution in [3.63, 3.8) is 0 Å². The average Bonchev–Trinajstić information content (AvgIpc) is 2.47. The second-order valence-electron chi connectivity index (χ2n) is 5.21. The largest absolute Gasteiger partial charge is 0.466 e. The summed E-state index contributed by atoms with van der Waals surface area (Å²) in [6.07, 6.45) is 7.41. The van der Waals surface area contributed by atoms with Gasteiger partial charge in [0.05, 0.1) is 13.0 Å². The van der Waals surface area contributed by atoms with Crippen molar-refractivity contribution in [1.29, 1.82) is 0 Å². The second kappa shape index (κ2) is 10.4. The molecule has 0 aliphatic carbocycles. The molecular formula is C17H27NO2. The van der Waals surface area contributed by atoms with Crippen LogP contribution in [0, 0.1) is 0 Å². The molecule has 0 unspecified atom stereocenters. The van der Waals surface area contributed by atoms with Gasteiger partial charge >= 0.3 is 5.97 Å². The third kappa shape index (κ3) is 7.29. The molecule has 3 nitrogen and oxygen atoms in total. The molecule has 0 aliphatic rings. The lowest BCUT2D eigenvalue weighted by atomic mass is 10.1. The van der Waals surface area contributed by atoms with Gasteiger partial charge in [-0.25, -0.2) is 0 Å². The molecule has 1 aromatic rings. The van der Waals surface area contributed by atoms with Crippen molar-refractivity contribution >= 4 is 5.97 Å². The highest BCUT2D eigenvalue weighted by Gasteiger charge is 2.12. The third-order valence-corrected chi connectivity index (χ3v) is 3.38. The minimum absolute atomic E-state index is 0.199. The van der Waals surface area contributed by atoms with E-state index in [1.165, 1.54) is 25.7 Å². The van der Waals surface area contributed by atoms with Crippen LogP contribution < -0.4 is 5.73 Å². The van der Waals surface area contributed by atoms with Crippen molar-refractivity contribution in [3.05, 3.63) is 35.9 Å². The molecule has 3 heteroatoms. The van der Waals surface area contributed by atoms with Crippen LogP contribution in [0.25, 0.3) is 0 Å². The molecule has 0 amide bonds. The number of benzene rings is 1. The van der Waals surface area contributed by atoms with Crippen LogP contribution >= 0.6 is 0 Å². The Bertz CT molecular complexity index is 365. The van der Waals surface area contributed by atoms with Crippen LogP contribution in [0.1, 0.15) is 63.5 Å². The summed E-state index contributed by atoms with van der Waals surface area (Å²) in [5.74, 6) is -0.199. The first-order valence-corrected chi connectivity index (χ1v) is 7.70. The van der Waals surface area contributed by atoms with E-state index in [1.54, 1.807) is 0 Å². The molecule has 112 valence electrons. The summed E-state index contributed by atoms with van der Waals surface area (Å²) in [5, 5.41) is 0. The Balaban J connectivity index is 2.08. The molecule has 0 aliphatic heterocycles. The molecule has 1 aromatic carbocycles. The normalized spacial score (nSPS) is 12.1. The molecule has 0 radical (unpaired) electrons. The van der Waals surface area contributed by atoms with Gasteiger partial charge in [0.25, 0.3) is 0 Å². The van der Waals surface area contributed by atoms with E-state index in [0.29, 0.717) is 6.61 Å². The molecule has 0 heterocycles. The maximum Gasteiger partial charge on any atom is 0.307 e. The van der Waals surface area contributed by atoms with Crippen LogP contribution in [0.2, 0.25) is 0 Å². The summed E-state index contributed by atoms with van der Waals surface area (Å²) in [7, 11) is 0. The zero-order chi connectivity index (χ0) is 14.6. The molecule has 20 heavy (non-hydrogen) atoms. The standard InChI is InChI=1S/C17H27NO2/c1-2-3-4-5-6-10-13-20-17(19)14-16(18)15-11-8-7-9-12-15/h7-9,11-12,16H,2-6,10,13-14,18H2,1H3/t16-/m1/s1. The maximum absolute atomic E-state index is 11.7. The summed E-state index contributed by atoms with van der Waals surface area (Å²) in [5.41, 5.74) is 6.96. The Morgan fingerprint density at radius 3 is 2.45 bits per heavy atom. The van der Waals surface area contributed by atoms with E-state index in [-0.39, 0.29) is 18.4 Å². The summed E-state index contributed by atoms with van der Waals surface area (Å²) in [4.78, 5) is 11.7. The van der Waals surface area contributed by atoms with E-state index in [0.717, 1.165) is 18.4 Å². The van der Waals surface area contributed by atoms with Crippen LogP contribution in [0.15, 0.2) is 30.3 Å². The van der Waals surface area contributed by atoms with Crippen molar-refractivity contribution < 1.29 is 9.53 Å². The SMILES string of the molecule is CCCCCCCCOC(=O)C[C@@H](N)c1ccccc1. The van der Waals surface area contributed by atoms with Gasteiger partial charge in [-0.05, 0) is 12.0 Å². The molecule has 0 bridgehead atoms. The zero-order valence-corrected chi connectivity index (χ0v) is 12.5. The van der Waals surface area contributed by atoms with Crippen molar-refractivity contribution in [2.75, 3.05) is 6.61 Å². The lowest BCUT2D eigenvalue weighted by Crippen LogP contribution is -2.17. The van der Waals surface area contributed by atoms with Crippen molar-refractivity contribution in [2.45, 2.75) is 57.9 Å². The molecule has 0 spiro atoms. The second-order valence-corrected chi connectivity index (χ2v) is 5.21. The molecule has 0 saturated heterocycles. The smallest absolute Gasteiger partial charge is 0.307 e.